The lowest BCUT2D eigenvalue weighted by Crippen LogP contribution is -2.06. The molecule has 2 nitrogen and oxygen atoms in total. The minimum absolute atomic E-state index is 0.175. The van der Waals surface area contributed by atoms with E-state index in [1.807, 2.05) is 49.5 Å². The summed E-state index contributed by atoms with van der Waals surface area (Å²) in [6.07, 6.45) is 2.68. The molecule has 0 aliphatic heterocycles. The molecule has 0 heterocycles. The number of carbonyl (C=O) groups excluding carboxylic acids is 1. The highest BCUT2D eigenvalue weighted by Gasteiger charge is 2.23. The zero-order valence-electron chi connectivity index (χ0n) is 8.45. The quantitative estimate of drug-likeness (QED) is 0.625. The minimum Gasteiger partial charge on any atom is -0.383 e. The Bertz CT molecular complexity index is 405. The first-order chi connectivity index (χ1) is 6.68. The van der Waals surface area contributed by atoms with Crippen molar-refractivity contribution in [1.29, 1.82) is 0 Å². The van der Waals surface area contributed by atoms with Crippen LogP contribution in [0, 0.1) is 0 Å². The standard InChI is InChI=1S/C12H13NO/c1-13(2)8-10-7-9-5-3-4-6-11(9)12(10)14/h3-6,8H,7H2,1-2H3. The van der Waals surface area contributed by atoms with Gasteiger partial charge in [-0.25, -0.2) is 0 Å². The Morgan fingerprint density at radius 1 is 1.29 bits per heavy atom. The molecule has 2 heteroatoms. The second-order valence-electron chi connectivity index (χ2n) is 3.78. The number of benzene rings is 1. The number of rotatable bonds is 1. The molecule has 72 valence electrons. The van der Waals surface area contributed by atoms with Gasteiger partial charge in [0, 0.05) is 37.9 Å². The molecule has 0 spiro atoms. The number of hydrogen-bond donors (Lipinski definition) is 0. The molecular formula is C12H13NO. The maximum Gasteiger partial charge on any atom is 0.191 e. The van der Waals surface area contributed by atoms with Gasteiger partial charge in [0.25, 0.3) is 0 Å². The lowest BCUT2D eigenvalue weighted by Gasteiger charge is -2.05. The van der Waals surface area contributed by atoms with Crippen LogP contribution < -0.4 is 0 Å². The van der Waals surface area contributed by atoms with Crippen LogP contribution in [0.3, 0.4) is 0 Å². The Labute approximate surface area is 83.8 Å². The molecule has 0 atom stereocenters. The molecule has 0 bridgehead atoms. The Morgan fingerprint density at radius 2 is 2.00 bits per heavy atom. The summed E-state index contributed by atoms with van der Waals surface area (Å²) in [5.41, 5.74) is 2.89. The fourth-order valence-corrected chi connectivity index (χ4v) is 1.77. The molecule has 1 aliphatic rings. The van der Waals surface area contributed by atoms with Crippen LogP contribution >= 0.6 is 0 Å². The predicted molar refractivity (Wildman–Crippen MR) is 56.2 cm³/mol. The summed E-state index contributed by atoms with van der Waals surface area (Å²) < 4.78 is 0. The number of nitrogens with zero attached hydrogens (tertiary/aromatic N) is 1. The van der Waals surface area contributed by atoms with E-state index in [1.54, 1.807) is 0 Å². The summed E-state index contributed by atoms with van der Waals surface area (Å²) in [6.45, 7) is 0. The van der Waals surface area contributed by atoms with Gasteiger partial charge in [0.05, 0.1) is 0 Å². The molecule has 1 aromatic carbocycles. The van der Waals surface area contributed by atoms with Gasteiger partial charge < -0.3 is 4.90 Å². The highest BCUT2D eigenvalue weighted by atomic mass is 16.1. The molecule has 0 saturated heterocycles. The van der Waals surface area contributed by atoms with Crippen LogP contribution in [0.5, 0.6) is 0 Å². The smallest absolute Gasteiger partial charge is 0.191 e. The Balaban J connectivity index is 2.39. The Kier molecular flexibility index (Phi) is 2.12. The lowest BCUT2D eigenvalue weighted by atomic mass is 10.1. The number of hydrogen-bond acceptors (Lipinski definition) is 2. The van der Waals surface area contributed by atoms with Gasteiger partial charge in [0.15, 0.2) is 5.78 Å². The van der Waals surface area contributed by atoms with E-state index in [0.717, 1.165) is 23.1 Å². The van der Waals surface area contributed by atoms with Crippen molar-refractivity contribution in [3.63, 3.8) is 0 Å². The number of allylic oxidation sites excluding steroid dienone is 1. The van der Waals surface area contributed by atoms with E-state index >= 15 is 0 Å². The van der Waals surface area contributed by atoms with E-state index < -0.39 is 0 Å². The van der Waals surface area contributed by atoms with Crippen LogP contribution in [0.25, 0.3) is 0 Å². The van der Waals surface area contributed by atoms with Crippen LogP contribution in [-0.4, -0.2) is 24.8 Å². The number of fused-ring (bicyclic) bond motifs is 1. The highest BCUT2D eigenvalue weighted by Crippen LogP contribution is 2.25. The summed E-state index contributed by atoms with van der Waals surface area (Å²) >= 11 is 0. The molecule has 0 radical (unpaired) electrons. The van der Waals surface area contributed by atoms with Crippen LogP contribution in [0.1, 0.15) is 15.9 Å². The van der Waals surface area contributed by atoms with Crippen molar-refractivity contribution >= 4 is 5.78 Å². The number of Topliss-reactive ketones (excluding diaryl/α,β-unsaturated/α-hetero) is 1. The third-order valence-electron chi connectivity index (χ3n) is 2.35. The van der Waals surface area contributed by atoms with Gasteiger partial charge in [-0.2, -0.15) is 0 Å². The third kappa shape index (κ3) is 1.43. The van der Waals surface area contributed by atoms with E-state index in [2.05, 4.69) is 0 Å². The molecule has 0 fully saturated rings. The number of carbonyl (C=O) groups is 1. The topological polar surface area (TPSA) is 20.3 Å². The molecule has 0 unspecified atom stereocenters. The molecule has 0 saturated carbocycles. The van der Waals surface area contributed by atoms with Crippen molar-refractivity contribution in [3.8, 4) is 0 Å². The average Bonchev–Trinajstić information content (AvgIpc) is 2.44. The minimum atomic E-state index is 0.175. The molecule has 14 heavy (non-hydrogen) atoms. The summed E-state index contributed by atoms with van der Waals surface area (Å²) in [5, 5.41) is 0. The van der Waals surface area contributed by atoms with Crippen LogP contribution in [0.4, 0.5) is 0 Å². The second kappa shape index (κ2) is 3.29. The molecule has 0 amide bonds. The van der Waals surface area contributed by atoms with E-state index in [0.29, 0.717) is 0 Å². The second-order valence-corrected chi connectivity index (χ2v) is 3.78. The highest BCUT2D eigenvalue weighted by molar-refractivity contribution is 6.13. The fourth-order valence-electron chi connectivity index (χ4n) is 1.77. The van der Waals surface area contributed by atoms with Gasteiger partial charge in [-0.1, -0.05) is 24.3 Å². The zero-order chi connectivity index (χ0) is 10.1. The first-order valence-electron chi connectivity index (χ1n) is 4.68. The largest absolute Gasteiger partial charge is 0.383 e. The monoisotopic (exact) mass is 187 g/mol. The normalized spacial score (nSPS) is 17.3. The predicted octanol–water partition coefficient (Wildman–Crippen LogP) is 1.87. The van der Waals surface area contributed by atoms with Crippen molar-refractivity contribution in [2.75, 3.05) is 14.1 Å². The maximum absolute atomic E-state index is 11.8. The van der Waals surface area contributed by atoms with Crippen molar-refractivity contribution in [2.24, 2.45) is 0 Å². The van der Waals surface area contributed by atoms with Crippen molar-refractivity contribution in [1.82, 2.24) is 4.90 Å². The number of ketones is 1. The van der Waals surface area contributed by atoms with E-state index in [9.17, 15) is 4.79 Å². The van der Waals surface area contributed by atoms with E-state index in [4.69, 9.17) is 0 Å². The van der Waals surface area contributed by atoms with Crippen LogP contribution in [0.15, 0.2) is 36.0 Å². The summed E-state index contributed by atoms with van der Waals surface area (Å²) in [7, 11) is 3.87. The molecule has 2 rings (SSSR count). The van der Waals surface area contributed by atoms with Gasteiger partial charge in [0.1, 0.15) is 0 Å². The Morgan fingerprint density at radius 3 is 2.64 bits per heavy atom. The van der Waals surface area contributed by atoms with Gasteiger partial charge in [-0.05, 0) is 5.56 Å². The van der Waals surface area contributed by atoms with E-state index in [1.165, 1.54) is 0 Å². The molecule has 1 aliphatic carbocycles. The summed E-state index contributed by atoms with van der Waals surface area (Å²) in [6, 6.07) is 7.80. The van der Waals surface area contributed by atoms with Gasteiger partial charge in [-0.3, -0.25) is 4.79 Å². The van der Waals surface area contributed by atoms with Gasteiger partial charge in [-0.15, -0.1) is 0 Å². The van der Waals surface area contributed by atoms with Gasteiger partial charge in [0.2, 0.25) is 0 Å². The first-order valence-corrected chi connectivity index (χ1v) is 4.68. The average molecular weight is 187 g/mol. The van der Waals surface area contributed by atoms with Crippen molar-refractivity contribution < 1.29 is 4.79 Å². The van der Waals surface area contributed by atoms with Crippen molar-refractivity contribution in [2.45, 2.75) is 6.42 Å². The third-order valence-corrected chi connectivity index (χ3v) is 2.35. The SMILES string of the molecule is CN(C)C=C1Cc2ccccc2C1=O. The van der Waals surface area contributed by atoms with Crippen LogP contribution in [0.2, 0.25) is 0 Å². The zero-order valence-corrected chi connectivity index (χ0v) is 8.45. The fraction of sp³-hybridized carbons (Fsp3) is 0.250. The molecule has 0 N–H and O–H groups in total. The van der Waals surface area contributed by atoms with Crippen molar-refractivity contribution in [3.05, 3.63) is 47.2 Å². The molecule has 1 aromatic rings. The Hall–Kier alpha value is -1.57. The summed E-state index contributed by atoms with van der Waals surface area (Å²) in [5.74, 6) is 0.175. The maximum atomic E-state index is 11.8. The lowest BCUT2D eigenvalue weighted by molar-refractivity contribution is 0.103. The molecule has 0 aromatic heterocycles. The molecular weight excluding hydrogens is 174 g/mol. The summed E-state index contributed by atoms with van der Waals surface area (Å²) in [4.78, 5) is 13.8. The first kappa shape index (κ1) is 9.00. The van der Waals surface area contributed by atoms with Gasteiger partial charge >= 0.3 is 0 Å². The van der Waals surface area contributed by atoms with E-state index in [-0.39, 0.29) is 5.78 Å². The van der Waals surface area contributed by atoms with Crippen LogP contribution in [-0.2, 0) is 6.42 Å².